The smallest absolute Gasteiger partial charge is 0.137 e. The molecule has 1 fully saturated rings. The number of nitrogens with zero attached hydrogens (tertiary/aromatic N) is 2. The number of nitrogens with one attached hydrogen (secondary N) is 1. The van der Waals surface area contributed by atoms with E-state index in [0.717, 1.165) is 23.9 Å². The molecule has 2 aromatic rings. The Balaban J connectivity index is 1.95. The van der Waals surface area contributed by atoms with Gasteiger partial charge in [-0.05, 0) is 31.9 Å². The van der Waals surface area contributed by atoms with Crippen LogP contribution < -0.4 is 5.32 Å². The van der Waals surface area contributed by atoms with E-state index in [1.165, 1.54) is 18.5 Å². The molecule has 1 saturated carbocycles. The molecule has 0 saturated heterocycles. The maximum absolute atomic E-state index is 4.53. The highest BCUT2D eigenvalue weighted by Crippen LogP contribution is 2.20. The van der Waals surface area contributed by atoms with Crippen LogP contribution in [0.2, 0.25) is 0 Å². The first-order valence-corrected chi connectivity index (χ1v) is 5.50. The molecule has 0 spiro atoms. The minimum absolute atomic E-state index is 0.749. The predicted octanol–water partition coefficient (Wildman–Crippen LogP) is 1.89. The maximum atomic E-state index is 4.53. The van der Waals surface area contributed by atoms with E-state index in [1.54, 1.807) is 0 Å². The van der Waals surface area contributed by atoms with Gasteiger partial charge in [0.1, 0.15) is 5.65 Å². The maximum Gasteiger partial charge on any atom is 0.137 e. The van der Waals surface area contributed by atoms with Crippen LogP contribution in [0.4, 0.5) is 0 Å². The molecule has 0 aliphatic heterocycles. The first kappa shape index (κ1) is 8.92. The van der Waals surface area contributed by atoms with Crippen LogP contribution in [0.5, 0.6) is 0 Å². The van der Waals surface area contributed by atoms with Gasteiger partial charge in [0.15, 0.2) is 0 Å². The van der Waals surface area contributed by atoms with Crippen LogP contribution in [-0.2, 0) is 6.54 Å². The van der Waals surface area contributed by atoms with Crippen molar-refractivity contribution in [3.05, 3.63) is 35.8 Å². The van der Waals surface area contributed by atoms with Gasteiger partial charge in [0.25, 0.3) is 0 Å². The Labute approximate surface area is 89.1 Å². The third-order valence-corrected chi connectivity index (χ3v) is 2.96. The Hall–Kier alpha value is -1.35. The summed E-state index contributed by atoms with van der Waals surface area (Å²) in [5, 5.41) is 3.53. The van der Waals surface area contributed by atoms with Gasteiger partial charge in [-0.3, -0.25) is 0 Å². The molecule has 1 N–H and O–H groups in total. The van der Waals surface area contributed by atoms with Gasteiger partial charge in [0.2, 0.25) is 0 Å². The summed E-state index contributed by atoms with van der Waals surface area (Å²) < 4.78 is 2.17. The molecule has 0 unspecified atom stereocenters. The van der Waals surface area contributed by atoms with Crippen molar-refractivity contribution >= 4 is 5.65 Å². The number of hydrogen-bond donors (Lipinski definition) is 1. The zero-order valence-electron chi connectivity index (χ0n) is 8.90. The Kier molecular flexibility index (Phi) is 1.99. The fourth-order valence-corrected chi connectivity index (χ4v) is 1.91. The van der Waals surface area contributed by atoms with Crippen molar-refractivity contribution < 1.29 is 0 Å². The summed E-state index contributed by atoms with van der Waals surface area (Å²) in [6.45, 7) is 3.01. The Morgan fingerprint density at radius 3 is 3.13 bits per heavy atom. The molecule has 3 heteroatoms. The minimum Gasteiger partial charge on any atom is -0.308 e. The standard InChI is InChI=1S/C12H15N3/c1-9-11(8-13-10-5-6-10)15-7-3-2-4-12(15)14-9/h2-4,7,10,13H,5-6,8H2,1H3. The topological polar surface area (TPSA) is 29.3 Å². The molecule has 2 heterocycles. The van der Waals surface area contributed by atoms with Crippen LogP contribution in [0.15, 0.2) is 24.4 Å². The van der Waals surface area contributed by atoms with E-state index >= 15 is 0 Å². The van der Waals surface area contributed by atoms with Crippen LogP contribution in [-0.4, -0.2) is 15.4 Å². The lowest BCUT2D eigenvalue weighted by atomic mass is 10.3. The highest BCUT2D eigenvalue weighted by Gasteiger charge is 2.21. The van der Waals surface area contributed by atoms with E-state index in [4.69, 9.17) is 0 Å². The molecule has 1 aliphatic rings. The number of fused-ring (bicyclic) bond motifs is 1. The quantitative estimate of drug-likeness (QED) is 0.821. The lowest BCUT2D eigenvalue weighted by Crippen LogP contribution is -2.17. The molecule has 0 amide bonds. The van der Waals surface area contributed by atoms with E-state index in [9.17, 15) is 0 Å². The van der Waals surface area contributed by atoms with Gasteiger partial charge < -0.3 is 9.72 Å². The third kappa shape index (κ3) is 1.63. The summed E-state index contributed by atoms with van der Waals surface area (Å²) in [7, 11) is 0. The number of pyridine rings is 1. The highest BCUT2D eigenvalue weighted by atomic mass is 15.1. The monoisotopic (exact) mass is 201 g/mol. The van der Waals surface area contributed by atoms with Gasteiger partial charge >= 0.3 is 0 Å². The number of imidazole rings is 1. The first-order chi connectivity index (χ1) is 7.34. The van der Waals surface area contributed by atoms with Crippen molar-refractivity contribution in [1.29, 1.82) is 0 Å². The number of aryl methyl sites for hydroxylation is 1. The summed E-state index contributed by atoms with van der Waals surface area (Å²) in [5.41, 5.74) is 3.47. The predicted molar refractivity (Wildman–Crippen MR) is 59.8 cm³/mol. The van der Waals surface area contributed by atoms with E-state index < -0.39 is 0 Å². The van der Waals surface area contributed by atoms with Crippen LogP contribution in [0.25, 0.3) is 5.65 Å². The largest absolute Gasteiger partial charge is 0.308 e. The number of aromatic nitrogens is 2. The molecule has 0 radical (unpaired) electrons. The van der Waals surface area contributed by atoms with Gasteiger partial charge in [-0.15, -0.1) is 0 Å². The summed E-state index contributed by atoms with van der Waals surface area (Å²) >= 11 is 0. The molecule has 3 nitrogen and oxygen atoms in total. The average Bonchev–Trinajstić information content (AvgIpc) is 3.00. The van der Waals surface area contributed by atoms with Gasteiger partial charge in [-0.25, -0.2) is 4.98 Å². The lowest BCUT2D eigenvalue weighted by molar-refractivity contribution is 0.667. The third-order valence-electron chi connectivity index (χ3n) is 2.96. The van der Waals surface area contributed by atoms with Crippen LogP contribution in [0.3, 0.4) is 0 Å². The van der Waals surface area contributed by atoms with Gasteiger partial charge in [-0.1, -0.05) is 6.07 Å². The van der Waals surface area contributed by atoms with Crippen LogP contribution >= 0.6 is 0 Å². The second kappa shape index (κ2) is 3.35. The van der Waals surface area contributed by atoms with Crippen molar-refractivity contribution in [2.75, 3.05) is 0 Å². The second-order valence-electron chi connectivity index (χ2n) is 4.23. The highest BCUT2D eigenvalue weighted by molar-refractivity contribution is 5.42. The summed E-state index contributed by atoms with van der Waals surface area (Å²) in [5.74, 6) is 0. The zero-order chi connectivity index (χ0) is 10.3. The lowest BCUT2D eigenvalue weighted by Gasteiger charge is -2.03. The molecular weight excluding hydrogens is 186 g/mol. The normalized spacial score (nSPS) is 16.1. The van der Waals surface area contributed by atoms with Gasteiger partial charge in [0.05, 0.1) is 11.4 Å². The fourth-order valence-electron chi connectivity index (χ4n) is 1.91. The van der Waals surface area contributed by atoms with E-state index in [1.807, 2.05) is 12.1 Å². The Bertz CT molecular complexity index is 483. The SMILES string of the molecule is Cc1nc2ccccn2c1CNC1CC1. The van der Waals surface area contributed by atoms with Crippen molar-refractivity contribution in [2.24, 2.45) is 0 Å². The van der Waals surface area contributed by atoms with Gasteiger partial charge in [-0.2, -0.15) is 0 Å². The van der Waals surface area contributed by atoms with Crippen LogP contribution in [0.1, 0.15) is 24.2 Å². The summed E-state index contributed by atoms with van der Waals surface area (Å²) in [6.07, 6.45) is 4.74. The van der Waals surface area contributed by atoms with E-state index in [-0.39, 0.29) is 0 Å². The molecule has 2 aromatic heterocycles. The summed E-state index contributed by atoms with van der Waals surface area (Å²) in [6, 6.07) is 6.88. The van der Waals surface area contributed by atoms with Crippen molar-refractivity contribution in [1.82, 2.24) is 14.7 Å². The average molecular weight is 201 g/mol. The molecule has 0 bridgehead atoms. The molecule has 78 valence electrons. The second-order valence-corrected chi connectivity index (χ2v) is 4.23. The molecule has 1 aliphatic carbocycles. The van der Waals surface area contributed by atoms with E-state index in [2.05, 4.69) is 33.9 Å². The molecule has 0 aromatic carbocycles. The minimum atomic E-state index is 0.749. The van der Waals surface area contributed by atoms with Crippen molar-refractivity contribution in [3.63, 3.8) is 0 Å². The summed E-state index contributed by atoms with van der Waals surface area (Å²) in [4.78, 5) is 4.53. The number of hydrogen-bond acceptors (Lipinski definition) is 2. The Morgan fingerprint density at radius 2 is 2.33 bits per heavy atom. The molecule has 0 atom stereocenters. The van der Waals surface area contributed by atoms with Crippen molar-refractivity contribution in [2.45, 2.75) is 32.4 Å². The molecule has 3 rings (SSSR count). The van der Waals surface area contributed by atoms with Gasteiger partial charge in [0, 0.05) is 18.8 Å². The fraction of sp³-hybridized carbons (Fsp3) is 0.417. The molecule has 15 heavy (non-hydrogen) atoms. The molecular formula is C12H15N3. The number of rotatable bonds is 3. The zero-order valence-corrected chi connectivity index (χ0v) is 8.90. The van der Waals surface area contributed by atoms with Crippen molar-refractivity contribution in [3.8, 4) is 0 Å². The van der Waals surface area contributed by atoms with E-state index in [0.29, 0.717) is 0 Å². The van der Waals surface area contributed by atoms with Crippen LogP contribution in [0, 0.1) is 6.92 Å². The Morgan fingerprint density at radius 1 is 1.47 bits per heavy atom. The first-order valence-electron chi connectivity index (χ1n) is 5.50.